The van der Waals surface area contributed by atoms with Gasteiger partial charge in [0.15, 0.2) is 0 Å². The van der Waals surface area contributed by atoms with Crippen molar-refractivity contribution in [1.82, 2.24) is 0 Å². The van der Waals surface area contributed by atoms with E-state index in [-0.39, 0.29) is 5.91 Å². The molecule has 4 heteroatoms. The molecule has 0 aromatic heterocycles. The Bertz CT molecular complexity index is 697. The second kappa shape index (κ2) is 4.84. The fourth-order valence-corrected chi connectivity index (χ4v) is 2.79. The first-order valence-electron chi connectivity index (χ1n) is 6.53. The number of hydrogen-bond acceptors (Lipinski definition) is 2. The van der Waals surface area contributed by atoms with Gasteiger partial charge in [-0.3, -0.25) is 4.79 Å². The van der Waals surface area contributed by atoms with E-state index < -0.39 is 0 Å². The third-order valence-electron chi connectivity index (χ3n) is 3.74. The van der Waals surface area contributed by atoms with Crippen LogP contribution in [0.15, 0.2) is 36.4 Å². The fourth-order valence-electron chi connectivity index (χ4n) is 2.62. The van der Waals surface area contributed by atoms with Crippen molar-refractivity contribution in [1.29, 1.82) is 0 Å². The second-order valence-corrected chi connectivity index (χ2v) is 5.41. The largest absolute Gasteiger partial charge is 0.399 e. The topological polar surface area (TPSA) is 46.3 Å². The Morgan fingerprint density at radius 3 is 2.90 bits per heavy atom. The van der Waals surface area contributed by atoms with Crippen LogP contribution in [0.5, 0.6) is 0 Å². The molecule has 102 valence electrons. The smallest absolute Gasteiger partial charge is 0.258 e. The molecule has 2 aromatic rings. The highest BCUT2D eigenvalue weighted by Crippen LogP contribution is 2.31. The molecule has 0 atom stereocenters. The van der Waals surface area contributed by atoms with Crippen molar-refractivity contribution in [2.24, 2.45) is 0 Å². The van der Waals surface area contributed by atoms with E-state index in [1.54, 1.807) is 11.0 Å². The third kappa shape index (κ3) is 2.04. The predicted octanol–water partition coefficient (Wildman–Crippen LogP) is 3.43. The van der Waals surface area contributed by atoms with Gasteiger partial charge in [0.25, 0.3) is 5.91 Å². The number of nitrogens with two attached hydrogens (primary N) is 1. The maximum atomic E-state index is 12.7. The molecule has 0 radical (unpaired) electrons. The van der Waals surface area contributed by atoms with Gasteiger partial charge >= 0.3 is 0 Å². The van der Waals surface area contributed by atoms with Crippen LogP contribution in [0.25, 0.3) is 0 Å². The number of carbonyl (C=O) groups is 1. The number of benzene rings is 2. The van der Waals surface area contributed by atoms with Crippen molar-refractivity contribution in [3.05, 3.63) is 58.1 Å². The number of rotatable bonds is 1. The summed E-state index contributed by atoms with van der Waals surface area (Å²) in [5.41, 5.74) is 10.1. The van der Waals surface area contributed by atoms with Crippen LogP contribution >= 0.6 is 11.6 Å². The van der Waals surface area contributed by atoms with Crippen LogP contribution in [0.3, 0.4) is 0 Å². The van der Waals surface area contributed by atoms with Crippen LogP contribution in [0, 0.1) is 6.92 Å². The molecule has 1 aliphatic rings. The quantitative estimate of drug-likeness (QED) is 0.816. The molecule has 3 nitrogen and oxygen atoms in total. The van der Waals surface area contributed by atoms with E-state index in [4.69, 9.17) is 17.3 Å². The first-order valence-corrected chi connectivity index (χ1v) is 6.91. The normalized spacial score (nSPS) is 13.4. The zero-order chi connectivity index (χ0) is 14.3. The number of halogens is 1. The number of carbonyl (C=O) groups excluding carboxylic acids is 1. The minimum Gasteiger partial charge on any atom is -0.399 e. The summed E-state index contributed by atoms with van der Waals surface area (Å²) in [6.45, 7) is 2.55. The lowest BCUT2D eigenvalue weighted by atomic mass is 10.1. The van der Waals surface area contributed by atoms with Gasteiger partial charge in [-0.1, -0.05) is 17.7 Å². The number of hydrogen-bond donors (Lipinski definition) is 1. The molecule has 2 N–H and O–H groups in total. The van der Waals surface area contributed by atoms with Crippen LogP contribution in [0.4, 0.5) is 11.4 Å². The van der Waals surface area contributed by atoms with Crippen LogP contribution < -0.4 is 10.6 Å². The van der Waals surface area contributed by atoms with Gasteiger partial charge in [0.2, 0.25) is 0 Å². The highest BCUT2D eigenvalue weighted by atomic mass is 35.5. The Hall–Kier alpha value is -2.00. The van der Waals surface area contributed by atoms with Crippen molar-refractivity contribution in [3.8, 4) is 0 Å². The lowest BCUT2D eigenvalue weighted by Gasteiger charge is -2.19. The van der Waals surface area contributed by atoms with Gasteiger partial charge in [-0.25, -0.2) is 0 Å². The summed E-state index contributed by atoms with van der Waals surface area (Å²) in [5, 5.41) is 0.618. The van der Waals surface area contributed by atoms with Crippen molar-refractivity contribution in [2.75, 3.05) is 17.2 Å². The first kappa shape index (κ1) is 13.0. The van der Waals surface area contributed by atoms with Gasteiger partial charge in [0.1, 0.15) is 0 Å². The van der Waals surface area contributed by atoms with E-state index in [0.717, 1.165) is 28.9 Å². The van der Waals surface area contributed by atoms with Crippen molar-refractivity contribution < 1.29 is 4.79 Å². The van der Waals surface area contributed by atoms with E-state index in [9.17, 15) is 4.79 Å². The first-order chi connectivity index (χ1) is 9.58. The molecule has 0 aliphatic carbocycles. The van der Waals surface area contributed by atoms with Crippen molar-refractivity contribution >= 4 is 28.9 Å². The molecule has 2 aromatic carbocycles. The third-order valence-corrected chi connectivity index (χ3v) is 4.15. The zero-order valence-electron chi connectivity index (χ0n) is 11.2. The van der Waals surface area contributed by atoms with Gasteiger partial charge in [-0.15, -0.1) is 0 Å². The average molecular weight is 287 g/mol. The van der Waals surface area contributed by atoms with Crippen LogP contribution in [-0.4, -0.2) is 12.5 Å². The average Bonchev–Trinajstić information content (AvgIpc) is 2.84. The summed E-state index contributed by atoms with van der Waals surface area (Å²) >= 11 is 6.10. The van der Waals surface area contributed by atoms with Crippen LogP contribution in [-0.2, 0) is 6.42 Å². The summed E-state index contributed by atoms with van der Waals surface area (Å²) < 4.78 is 0. The second-order valence-electron chi connectivity index (χ2n) is 5.01. The Morgan fingerprint density at radius 1 is 1.30 bits per heavy atom. The number of anilines is 2. The maximum Gasteiger partial charge on any atom is 0.258 e. The Labute approximate surface area is 123 Å². The maximum absolute atomic E-state index is 12.7. The van der Waals surface area contributed by atoms with Crippen LogP contribution in [0.2, 0.25) is 5.02 Å². The minimum atomic E-state index is -0.00600. The van der Waals surface area contributed by atoms with E-state index in [1.165, 1.54) is 0 Å². The summed E-state index contributed by atoms with van der Waals surface area (Å²) in [6, 6.07) is 11.1. The van der Waals surface area contributed by atoms with Gasteiger partial charge in [0.05, 0.1) is 0 Å². The number of nitrogens with zero attached hydrogens (tertiary/aromatic N) is 1. The summed E-state index contributed by atoms with van der Waals surface area (Å²) in [5.74, 6) is -0.00600. The molecule has 0 saturated carbocycles. The lowest BCUT2D eigenvalue weighted by molar-refractivity contribution is 0.0989. The molecule has 1 amide bonds. The lowest BCUT2D eigenvalue weighted by Crippen LogP contribution is -2.29. The number of nitrogen functional groups attached to an aromatic ring is 1. The molecule has 0 unspecified atom stereocenters. The van der Waals surface area contributed by atoms with E-state index in [2.05, 4.69) is 0 Å². The number of fused-ring (bicyclic) bond motifs is 1. The monoisotopic (exact) mass is 286 g/mol. The molecule has 0 fully saturated rings. The minimum absolute atomic E-state index is 0.00600. The SMILES string of the molecule is Cc1c(Cl)cccc1C(=O)N1CCc2cc(N)ccc21. The molecular weight excluding hydrogens is 272 g/mol. The Balaban J connectivity index is 2.00. The van der Waals surface area contributed by atoms with Gasteiger partial charge in [-0.05, 0) is 54.8 Å². The predicted molar refractivity (Wildman–Crippen MR) is 82.4 cm³/mol. The van der Waals surface area contributed by atoms with Crippen molar-refractivity contribution in [3.63, 3.8) is 0 Å². The number of amides is 1. The molecule has 3 rings (SSSR count). The molecule has 1 heterocycles. The summed E-state index contributed by atoms with van der Waals surface area (Å²) in [4.78, 5) is 14.5. The summed E-state index contributed by atoms with van der Waals surface area (Å²) in [7, 11) is 0. The van der Waals surface area contributed by atoms with Gasteiger partial charge in [0, 0.05) is 28.5 Å². The van der Waals surface area contributed by atoms with E-state index in [1.807, 2.05) is 37.3 Å². The zero-order valence-corrected chi connectivity index (χ0v) is 11.9. The molecule has 20 heavy (non-hydrogen) atoms. The van der Waals surface area contributed by atoms with E-state index >= 15 is 0 Å². The molecule has 1 aliphatic heterocycles. The molecule has 0 spiro atoms. The van der Waals surface area contributed by atoms with Gasteiger partial charge in [-0.2, -0.15) is 0 Å². The highest BCUT2D eigenvalue weighted by Gasteiger charge is 2.26. The standard InChI is InChI=1S/C16H15ClN2O/c1-10-13(3-2-4-14(10)17)16(20)19-8-7-11-9-12(18)5-6-15(11)19/h2-6,9H,7-8,18H2,1H3. The summed E-state index contributed by atoms with van der Waals surface area (Å²) in [6.07, 6.45) is 0.839. The Morgan fingerprint density at radius 2 is 2.10 bits per heavy atom. The van der Waals surface area contributed by atoms with Gasteiger partial charge < -0.3 is 10.6 Å². The molecule has 0 bridgehead atoms. The Kier molecular flexibility index (Phi) is 3.14. The van der Waals surface area contributed by atoms with Crippen molar-refractivity contribution in [2.45, 2.75) is 13.3 Å². The fraction of sp³-hybridized carbons (Fsp3) is 0.188. The molecule has 0 saturated heterocycles. The highest BCUT2D eigenvalue weighted by molar-refractivity contribution is 6.32. The molecular formula is C16H15ClN2O. The van der Waals surface area contributed by atoms with Crippen LogP contribution in [0.1, 0.15) is 21.5 Å². The van der Waals surface area contributed by atoms with E-state index in [0.29, 0.717) is 17.1 Å².